The number of ether oxygens (including phenoxy) is 1. The number of carboxylic acids is 1. The van der Waals surface area contributed by atoms with Crippen molar-refractivity contribution in [2.24, 2.45) is 5.73 Å². The molecule has 3 N–H and O–H groups in total. The molecule has 0 unspecified atom stereocenters. The third-order valence-corrected chi connectivity index (χ3v) is 3.06. The number of benzene rings is 1. The molecule has 21 heavy (non-hydrogen) atoms. The molecule has 0 saturated carbocycles. The highest BCUT2D eigenvalue weighted by Gasteiger charge is 2.16. The van der Waals surface area contributed by atoms with Crippen LogP contribution in [0.2, 0.25) is 0 Å². The van der Waals surface area contributed by atoms with Crippen LogP contribution in [0.25, 0.3) is 0 Å². The van der Waals surface area contributed by atoms with Gasteiger partial charge in [0.05, 0.1) is 6.26 Å². The predicted octanol–water partition coefficient (Wildman–Crippen LogP) is 2.27. The van der Waals surface area contributed by atoms with Crippen molar-refractivity contribution in [2.45, 2.75) is 20.5 Å². The molecule has 0 aliphatic rings. The van der Waals surface area contributed by atoms with E-state index in [-0.39, 0.29) is 12.4 Å². The molecule has 1 aromatic carbocycles. The molecular weight excluding hydrogens is 274 g/mol. The molecule has 6 heteroatoms. The van der Waals surface area contributed by atoms with Gasteiger partial charge in [-0.25, -0.2) is 4.79 Å². The molecule has 0 aliphatic heterocycles. The minimum absolute atomic E-state index is 0.0652. The molecule has 0 atom stereocenters. The lowest BCUT2D eigenvalue weighted by molar-refractivity contribution is 0.0658. The van der Waals surface area contributed by atoms with Crippen LogP contribution < -0.4 is 10.5 Å². The van der Waals surface area contributed by atoms with E-state index in [1.54, 1.807) is 32.0 Å². The summed E-state index contributed by atoms with van der Waals surface area (Å²) in [6.07, 6.45) is 1.30. The Labute approximate surface area is 121 Å². The van der Waals surface area contributed by atoms with Gasteiger partial charge in [0.1, 0.15) is 12.4 Å². The Kier molecular flexibility index (Phi) is 3.98. The summed E-state index contributed by atoms with van der Waals surface area (Å²) < 4.78 is 10.5. The fourth-order valence-electron chi connectivity index (χ4n) is 2.11. The molecule has 0 fully saturated rings. The van der Waals surface area contributed by atoms with Crippen molar-refractivity contribution in [2.75, 3.05) is 0 Å². The first-order valence-electron chi connectivity index (χ1n) is 6.23. The molecule has 6 nitrogen and oxygen atoms in total. The molecule has 2 aromatic rings. The zero-order chi connectivity index (χ0) is 15.6. The molecule has 0 saturated heterocycles. The van der Waals surface area contributed by atoms with Gasteiger partial charge in [-0.1, -0.05) is 0 Å². The monoisotopic (exact) mass is 289 g/mol. The molecule has 0 bridgehead atoms. The van der Waals surface area contributed by atoms with Crippen molar-refractivity contribution in [3.63, 3.8) is 0 Å². The van der Waals surface area contributed by atoms with E-state index in [1.807, 2.05) is 0 Å². The van der Waals surface area contributed by atoms with Gasteiger partial charge in [0.15, 0.2) is 0 Å². The first-order valence-corrected chi connectivity index (χ1v) is 6.23. The van der Waals surface area contributed by atoms with Crippen LogP contribution in [0.3, 0.4) is 0 Å². The van der Waals surface area contributed by atoms with Crippen LogP contribution >= 0.6 is 0 Å². The Morgan fingerprint density at radius 2 is 1.90 bits per heavy atom. The molecule has 2 rings (SSSR count). The van der Waals surface area contributed by atoms with Gasteiger partial charge in [0.2, 0.25) is 11.7 Å². The highest BCUT2D eigenvalue weighted by atomic mass is 16.5. The first kappa shape index (κ1) is 14.6. The number of hydrogen-bond donors (Lipinski definition) is 2. The Morgan fingerprint density at radius 1 is 1.29 bits per heavy atom. The third kappa shape index (κ3) is 3.05. The lowest BCUT2D eigenvalue weighted by Crippen LogP contribution is -2.12. The molecular formula is C15H15NO5. The standard InChI is InChI=1S/C15H15NO5/c1-8-5-11(14(16)17)6-9(2)12(8)21-7-10-3-4-20-13(10)15(18)19/h3-6H,7H2,1-2H3,(H2,16,17)(H,18,19). The second kappa shape index (κ2) is 5.70. The fourth-order valence-corrected chi connectivity index (χ4v) is 2.11. The Hall–Kier alpha value is -2.76. The van der Waals surface area contributed by atoms with Crippen molar-refractivity contribution >= 4 is 11.9 Å². The maximum absolute atomic E-state index is 11.2. The Balaban J connectivity index is 2.22. The van der Waals surface area contributed by atoms with Crippen LogP contribution in [-0.4, -0.2) is 17.0 Å². The van der Waals surface area contributed by atoms with E-state index < -0.39 is 11.9 Å². The maximum atomic E-state index is 11.2. The number of aromatic carboxylic acids is 1. The Morgan fingerprint density at radius 3 is 2.43 bits per heavy atom. The molecule has 1 amide bonds. The second-order valence-electron chi connectivity index (χ2n) is 4.67. The molecule has 0 radical (unpaired) electrons. The number of nitrogens with two attached hydrogens (primary N) is 1. The smallest absolute Gasteiger partial charge is 0.372 e. The van der Waals surface area contributed by atoms with E-state index in [4.69, 9.17) is 20.0 Å². The molecule has 0 spiro atoms. The molecule has 1 heterocycles. The van der Waals surface area contributed by atoms with Crippen molar-refractivity contribution in [3.8, 4) is 5.75 Å². The lowest BCUT2D eigenvalue weighted by Gasteiger charge is -2.13. The normalized spacial score (nSPS) is 10.4. The summed E-state index contributed by atoms with van der Waals surface area (Å²) in [6, 6.07) is 4.82. The van der Waals surface area contributed by atoms with Gasteiger partial charge in [-0.3, -0.25) is 4.79 Å². The number of amides is 1. The van der Waals surface area contributed by atoms with Crippen molar-refractivity contribution in [1.82, 2.24) is 0 Å². The number of rotatable bonds is 5. The summed E-state index contributed by atoms with van der Waals surface area (Å²) in [5, 5.41) is 8.96. The summed E-state index contributed by atoms with van der Waals surface area (Å²) in [7, 11) is 0. The van der Waals surface area contributed by atoms with Crippen LogP contribution in [0.1, 0.15) is 37.6 Å². The summed E-state index contributed by atoms with van der Waals surface area (Å²) in [5.41, 5.74) is 7.61. The van der Waals surface area contributed by atoms with Crippen LogP contribution in [0.4, 0.5) is 0 Å². The highest BCUT2D eigenvalue weighted by molar-refractivity contribution is 5.93. The van der Waals surface area contributed by atoms with Gasteiger partial charge in [0.25, 0.3) is 0 Å². The number of hydrogen-bond acceptors (Lipinski definition) is 4. The quantitative estimate of drug-likeness (QED) is 0.878. The fraction of sp³-hybridized carbons (Fsp3) is 0.200. The van der Waals surface area contributed by atoms with E-state index in [2.05, 4.69) is 0 Å². The van der Waals surface area contributed by atoms with Gasteiger partial charge in [-0.15, -0.1) is 0 Å². The van der Waals surface area contributed by atoms with Gasteiger partial charge >= 0.3 is 5.97 Å². The largest absolute Gasteiger partial charge is 0.488 e. The predicted molar refractivity (Wildman–Crippen MR) is 74.4 cm³/mol. The minimum Gasteiger partial charge on any atom is -0.488 e. The Bertz CT molecular complexity index is 679. The van der Waals surface area contributed by atoms with Crippen LogP contribution in [0, 0.1) is 13.8 Å². The number of carbonyl (C=O) groups is 2. The van der Waals surface area contributed by atoms with E-state index >= 15 is 0 Å². The summed E-state index contributed by atoms with van der Waals surface area (Å²) in [5.74, 6) is -1.19. The average molecular weight is 289 g/mol. The molecule has 1 aromatic heterocycles. The summed E-state index contributed by atoms with van der Waals surface area (Å²) in [6.45, 7) is 3.65. The third-order valence-electron chi connectivity index (χ3n) is 3.06. The topological polar surface area (TPSA) is 103 Å². The van der Waals surface area contributed by atoms with Crippen LogP contribution in [-0.2, 0) is 6.61 Å². The van der Waals surface area contributed by atoms with Crippen molar-refractivity contribution in [3.05, 3.63) is 52.5 Å². The zero-order valence-corrected chi connectivity index (χ0v) is 11.7. The van der Waals surface area contributed by atoms with E-state index in [1.165, 1.54) is 6.26 Å². The van der Waals surface area contributed by atoms with E-state index in [9.17, 15) is 9.59 Å². The van der Waals surface area contributed by atoms with Gasteiger partial charge in [-0.2, -0.15) is 0 Å². The van der Waals surface area contributed by atoms with Gasteiger partial charge in [0, 0.05) is 11.1 Å². The molecule has 110 valence electrons. The number of primary amides is 1. The zero-order valence-electron chi connectivity index (χ0n) is 11.7. The average Bonchev–Trinajstić information content (AvgIpc) is 2.86. The second-order valence-corrected chi connectivity index (χ2v) is 4.67. The SMILES string of the molecule is Cc1cc(C(N)=O)cc(C)c1OCc1ccoc1C(=O)O. The lowest BCUT2D eigenvalue weighted by atomic mass is 10.1. The minimum atomic E-state index is -1.14. The number of carboxylic acid groups (broad SMARTS) is 1. The van der Waals surface area contributed by atoms with Crippen LogP contribution in [0.15, 0.2) is 28.9 Å². The maximum Gasteiger partial charge on any atom is 0.372 e. The highest BCUT2D eigenvalue weighted by Crippen LogP contribution is 2.26. The van der Waals surface area contributed by atoms with Crippen molar-refractivity contribution in [1.29, 1.82) is 0 Å². The number of furan rings is 1. The summed E-state index contributed by atoms with van der Waals surface area (Å²) in [4.78, 5) is 22.1. The van der Waals surface area contributed by atoms with Gasteiger partial charge < -0.3 is 20.0 Å². The molecule has 0 aliphatic carbocycles. The van der Waals surface area contributed by atoms with Crippen LogP contribution in [0.5, 0.6) is 5.75 Å². The van der Waals surface area contributed by atoms with E-state index in [0.717, 1.165) is 11.1 Å². The summed E-state index contributed by atoms with van der Waals surface area (Å²) >= 11 is 0. The number of carbonyl (C=O) groups excluding carboxylic acids is 1. The van der Waals surface area contributed by atoms with Crippen molar-refractivity contribution < 1.29 is 23.8 Å². The number of aryl methyl sites for hydroxylation is 2. The van der Waals surface area contributed by atoms with Gasteiger partial charge in [-0.05, 0) is 43.2 Å². The first-order chi connectivity index (χ1) is 9.90. The van der Waals surface area contributed by atoms with E-state index in [0.29, 0.717) is 16.9 Å².